The van der Waals surface area contributed by atoms with E-state index in [9.17, 15) is 0 Å². The summed E-state index contributed by atoms with van der Waals surface area (Å²) in [5.41, 5.74) is 1.27. The number of nitrogens with one attached hydrogen (secondary N) is 2. The lowest BCUT2D eigenvalue weighted by Crippen LogP contribution is -2.55. The molecule has 1 saturated heterocycles. The second-order valence-corrected chi connectivity index (χ2v) is 7.38. The standard InChI is InChI=1S/C20H35N5.HI/c1-16(2)19(25-13-11-24(5)12-14-25)15-22-20(21-4)23-17(3)18-9-7-6-8-10-18;/h6-10,16-17,19H,11-15H2,1-5H3,(H2,21,22,23);1H. The molecule has 2 N–H and O–H groups in total. The topological polar surface area (TPSA) is 42.9 Å². The molecule has 0 bridgehead atoms. The predicted molar refractivity (Wildman–Crippen MR) is 122 cm³/mol. The highest BCUT2D eigenvalue weighted by Gasteiger charge is 2.25. The minimum absolute atomic E-state index is 0. The van der Waals surface area contributed by atoms with Crippen LogP contribution < -0.4 is 10.6 Å². The molecule has 0 amide bonds. The zero-order valence-corrected chi connectivity index (χ0v) is 19.2. The van der Waals surface area contributed by atoms with Gasteiger partial charge in [0.25, 0.3) is 0 Å². The molecule has 0 saturated carbocycles. The molecule has 1 fully saturated rings. The third-order valence-corrected chi connectivity index (χ3v) is 5.13. The molecule has 1 heterocycles. The summed E-state index contributed by atoms with van der Waals surface area (Å²) < 4.78 is 0. The maximum Gasteiger partial charge on any atom is 0.191 e. The van der Waals surface area contributed by atoms with Crippen molar-refractivity contribution in [3.05, 3.63) is 35.9 Å². The van der Waals surface area contributed by atoms with E-state index in [0.29, 0.717) is 12.0 Å². The molecule has 0 aromatic heterocycles. The first kappa shape index (κ1) is 23.2. The van der Waals surface area contributed by atoms with Gasteiger partial charge in [0, 0.05) is 45.8 Å². The van der Waals surface area contributed by atoms with Crippen LogP contribution in [0.5, 0.6) is 0 Å². The van der Waals surface area contributed by atoms with Crippen LogP contribution in [0.15, 0.2) is 35.3 Å². The molecule has 6 heteroatoms. The molecule has 148 valence electrons. The van der Waals surface area contributed by atoms with Gasteiger partial charge in [0.15, 0.2) is 5.96 Å². The van der Waals surface area contributed by atoms with Crippen molar-refractivity contribution in [1.82, 2.24) is 20.4 Å². The number of piperazine rings is 1. The van der Waals surface area contributed by atoms with Gasteiger partial charge in [-0.3, -0.25) is 9.89 Å². The number of rotatable bonds is 6. The van der Waals surface area contributed by atoms with Gasteiger partial charge in [0.1, 0.15) is 0 Å². The van der Waals surface area contributed by atoms with E-state index in [1.807, 2.05) is 13.1 Å². The summed E-state index contributed by atoms with van der Waals surface area (Å²) in [4.78, 5) is 9.43. The molecular formula is C20H36IN5. The molecule has 2 atom stereocenters. The lowest BCUT2D eigenvalue weighted by molar-refractivity contribution is 0.0900. The van der Waals surface area contributed by atoms with Gasteiger partial charge in [-0.1, -0.05) is 44.2 Å². The van der Waals surface area contributed by atoms with Gasteiger partial charge in [-0.05, 0) is 25.5 Å². The fourth-order valence-electron chi connectivity index (χ4n) is 3.37. The van der Waals surface area contributed by atoms with Crippen LogP contribution in [0, 0.1) is 5.92 Å². The van der Waals surface area contributed by atoms with Crippen LogP contribution in [0.25, 0.3) is 0 Å². The third kappa shape index (κ3) is 7.04. The number of hydrogen-bond donors (Lipinski definition) is 2. The monoisotopic (exact) mass is 473 g/mol. The first-order chi connectivity index (χ1) is 12.0. The third-order valence-electron chi connectivity index (χ3n) is 5.13. The zero-order valence-electron chi connectivity index (χ0n) is 16.9. The fraction of sp³-hybridized carbons (Fsp3) is 0.650. The number of nitrogens with zero attached hydrogens (tertiary/aromatic N) is 3. The Morgan fingerprint density at radius 3 is 2.23 bits per heavy atom. The number of hydrogen-bond acceptors (Lipinski definition) is 3. The normalized spacial score (nSPS) is 18.9. The number of likely N-dealkylation sites (N-methyl/N-ethyl adjacent to an activating group) is 1. The SMILES string of the molecule is CN=C(NCC(C(C)C)N1CCN(C)CC1)NC(C)c1ccccc1.I. The molecular weight excluding hydrogens is 437 g/mol. The summed E-state index contributed by atoms with van der Waals surface area (Å²) in [6, 6.07) is 11.2. The molecule has 0 radical (unpaired) electrons. The quantitative estimate of drug-likeness (QED) is 0.379. The number of aliphatic imine (C=N–C) groups is 1. The van der Waals surface area contributed by atoms with Gasteiger partial charge >= 0.3 is 0 Å². The number of benzene rings is 1. The van der Waals surface area contributed by atoms with Gasteiger partial charge in [0.05, 0.1) is 6.04 Å². The van der Waals surface area contributed by atoms with Gasteiger partial charge < -0.3 is 15.5 Å². The first-order valence-corrected chi connectivity index (χ1v) is 9.46. The van der Waals surface area contributed by atoms with Crippen LogP contribution >= 0.6 is 24.0 Å². The Kier molecular flexibility index (Phi) is 10.5. The van der Waals surface area contributed by atoms with Gasteiger partial charge in [-0.15, -0.1) is 24.0 Å². The Morgan fingerprint density at radius 1 is 1.08 bits per heavy atom. The molecule has 26 heavy (non-hydrogen) atoms. The van der Waals surface area contributed by atoms with Gasteiger partial charge in [-0.25, -0.2) is 0 Å². The van der Waals surface area contributed by atoms with Crippen molar-refractivity contribution >= 4 is 29.9 Å². The molecule has 1 aromatic rings. The van der Waals surface area contributed by atoms with Crippen LogP contribution in [-0.2, 0) is 0 Å². The zero-order chi connectivity index (χ0) is 18.2. The first-order valence-electron chi connectivity index (χ1n) is 9.46. The van der Waals surface area contributed by atoms with Crippen molar-refractivity contribution < 1.29 is 0 Å². The summed E-state index contributed by atoms with van der Waals surface area (Å²) in [6.07, 6.45) is 0. The molecule has 1 aliphatic heterocycles. The summed E-state index contributed by atoms with van der Waals surface area (Å²) in [5, 5.41) is 7.04. The molecule has 0 aliphatic carbocycles. The van der Waals surface area contributed by atoms with Crippen molar-refractivity contribution in [3.63, 3.8) is 0 Å². The second kappa shape index (κ2) is 11.8. The van der Waals surface area contributed by atoms with E-state index >= 15 is 0 Å². The number of guanidine groups is 1. The Morgan fingerprint density at radius 2 is 1.69 bits per heavy atom. The lowest BCUT2D eigenvalue weighted by Gasteiger charge is -2.40. The van der Waals surface area contributed by atoms with Crippen LogP contribution in [-0.4, -0.2) is 68.6 Å². The van der Waals surface area contributed by atoms with Crippen LogP contribution in [0.4, 0.5) is 0 Å². The van der Waals surface area contributed by atoms with E-state index in [2.05, 4.69) is 77.5 Å². The molecule has 1 aromatic carbocycles. The largest absolute Gasteiger partial charge is 0.355 e. The summed E-state index contributed by atoms with van der Waals surface area (Å²) >= 11 is 0. The highest BCUT2D eigenvalue weighted by atomic mass is 127. The molecule has 0 spiro atoms. The minimum Gasteiger partial charge on any atom is -0.355 e. The van der Waals surface area contributed by atoms with E-state index in [4.69, 9.17) is 0 Å². The average molecular weight is 473 g/mol. The van der Waals surface area contributed by atoms with Crippen molar-refractivity contribution in [1.29, 1.82) is 0 Å². The molecule has 1 aliphatic rings. The van der Waals surface area contributed by atoms with E-state index in [0.717, 1.165) is 38.7 Å². The molecule has 2 unspecified atom stereocenters. The predicted octanol–water partition coefficient (Wildman–Crippen LogP) is 2.80. The van der Waals surface area contributed by atoms with E-state index in [1.54, 1.807) is 0 Å². The Labute approximate surface area is 176 Å². The van der Waals surface area contributed by atoms with E-state index in [-0.39, 0.29) is 30.0 Å². The van der Waals surface area contributed by atoms with Crippen molar-refractivity contribution in [3.8, 4) is 0 Å². The lowest BCUT2D eigenvalue weighted by atomic mass is 10.0. The van der Waals surface area contributed by atoms with Crippen molar-refractivity contribution in [2.24, 2.45) is 10.9 Å². The number of halogens is 1. The van der Waals surface area contributed by atoms with Crippen LogP contribution in [0.3, 0.4) is 0 Å². The maximum atomic E-state index is 4.41. The summed E-state index contributed by atoms with van der Waals surface area (Å²) in [7, 11) is 4.05. The second-order valence-electron chi connectivity index (χ2n) is 7.38. The van der Waals surface area contributed by atoms with Gasteiger partial charge in [-0.2, -0.15) is 0 Å². The minimum atomic E-state index is 0. The highest BCUT2D eigenvalue weighted by Crippen LogP contribution is 2.13. The smallest absolute Gasteiger partial charge is 0.191 e. The average Bonchev–Trinajstić information content (AvgIpc) is 2.62. The fourth-order valence-corrected chi connectivity index (χ4v) is 3.37. The summed E-state index contributed by atoms with van der Waals surface area (Å²) in [5.74, 6) is 1.48. The van der Waals surface area contributed by atoms with Crippen molar-refractivity contribution in [2.75, 3.05) is 46.8 Å². The molecule has 5 nitrogen and oxygen atoms in total. The Bertz CT molecular complexity index is 526. The molecule has 2 rings (SSSR count). The van der Waals surface area contributed by atoms with Crippen molar-refractivity contribution in [2.45, 2.75) is 32.9 Å². The van der Waals surface area contributed by atoms with E-state index < -0.39 is 0 Å². The van der Waals surface area contributed by atoms with E-state index in [1.165, 1.54) is 5.56 Å². The highest BCUT2D eigenvalue weighted by molar-refractivity contribution is 14.0. The Hall–Kier alpha value is -0.860. The van der Waals surface area contributed by atoms with Gasteiger partial charge in [0.2, 0.25) is 0 Å². The Balaban J connectivity index is 0.00000338. The maximum absolute atomic E-state index is 4.41. The van der Waals surface area contributed by atoms with Crippen LogP contribution in [0.2, 0.25) is 0 Å². The summed E-state index contributed by atoms with van der Waals surface area (Å²) in [6.45, 7) is 12.3. The van der Waals surface area contributed by atoms with Crippen LogP contribution in [0.1, 0.15) is 32.4 Å².